The van der Waals surface area contributed by atoms with Gasteiger partial charge in [0.15, 0.2) is 5.96 Å². The van der Waals surface area contributed by atoms with Crippen molar-refractivity contribution in [2.75, 3.05) is 19.6 Å². The molecule has 0 bridgehead atoms. The second-order valence-corrected chi connectivity index (χ2v) is 5.80. The SMILES string of the molecule is CCNC(=NCc1ccc(C(=O)N(CC)CC)cc1)NCc1ccco1. The molecule has 0 aliphatic heterocycles. The predicted molar refractivity (Wildman–Crippen MR) is 104 cm³/mol. The van der Waals surface area contributed by atoms with E-state index in [9.17, 15) is 4.79 Å². The van der Waals surface area contributed by atoms with Crippen LogP contribution >= 0.6 is 0 Å². The molecule has 0 saturated carbocycles. The third-order valence-corrected chi connectivity index (χ3v) is 4.03. The van der Waals surface area contributed by atoms with E-state index in [2.05, 4.69) is 15.6 Å². The van der Waals surface area contributed by atoms with Crippen LogP contribution in [0.1, 0.15) is 42.5 Å². The Morgan fingerprint density at radius 1 is 1.08 bits per heavy atom. The van der Waals surface area contributed by atoms with Gasteiger partial charge in [-0.2, -0.15) is 0 Å². The number of guanidine groups is 1. The van der Waals surface area contributed by atoms with Crippen LogP contribution in [0.3, 0.4) is 0 Å². The summed E-state index contributed by atoms with van der Waals surface area (Å²) < 4.78 is 5.32. The third-order valence-electron chi connectivity index (χ3n) is 4.03. The van der Waals surface area contributed by atoms with Crippen molar-refractivity contribution in [2.45, 2.75) is 33.9 Å². The minimum absolute atomic E-state index is 0.0681. The van der Waals surface area contributed by atoms with Crippen molar-refractivity contribution in [3.05, 3.63) is 59.5 Å². The van der Waals surface area contributed by atoms with Gasteiger partial charge in [-0.25, -0.2) is 4.99 Å². The molecule has 0 saturated heterocycles. The second-order valence-electron chi connectivity index (χ2n) is 5.80. The van der Waals surface area contributed by atoms with Crippen LogP contribution < -0.4 is 10.6 Å². The molecule has 140 valence electrons. The summed E-state index contributed by atoms with van der Waals surface area (Å²) in [6.45, 7) is 9.33. The van der Waals surface area contributed by atoms with Gasteiger partial charge in [-0.05, 0) is 50.6 Å². The van der Waals surface area contributed by atoms with Crippen LogP contribution in [0.15, 0.2) is 52.1 Å². The summed E-state index contributed by atoms with van der Waals surface area (Å²) in [7, 11) is 0. The molecule has 6 heteroatoms. The number of benzene rings is 1. The first-order chi connectivity index (χ1) is 12.7. The Hall–Kier alpha value is -2.76. The zero-order chi connectivity index (χ0) is 18.8. The standard InChI is InChI=1S/C20H28N4O2/c1-4-21-20(23-15-18-8-7-13-26-18)22-14-16-9-11-17(12-10-16)19(25)24(5-2)6-3/h7-13H,4-6,14-15H2,1-3H3,(H2,21,22,23). The van der Waals surface area contributed by atoms with Crippen LogP contribution in [0, 0.1) is 0 Å². The molecule has 0 spiro atoms. The number of nitrogens with zero attached hydrogens (tertiary/aromatic N) is 2. The predicted octanol–water partition coefficient (Wildman–Crippen LogP) is 3.02. The molecular weight excluding hydrogens is 328 g/mol. The molecule has 1 aromatic heterocycles. The van der Waals surface area contributed by atoms with E-state index in [4.69, 9.17) is 4.42 Å². The van der Waals surface area contributed by atoms with E-state index in [-0.39, 0.29) is 5.91 Å². The first-order valence-corrected chi connectivity index (χ1v) is 9.10. The molecule has 1 amide bonds. The molecule has 1 heterocycles. The number of carbonyl (C=O) groups excluding carboxylic acids is 1. The van der Waals surface area contributed by atoms with E-state index in [1.165, 1.54) is 0 Å². The van der Waals surface area contributed by atoms with Gasteiger partial charge in [0.05, 0.1) is 19.4 Å². The fraction of sp³-hybridized carbons (Fsp3) is 0.400. The van der Waals surface area contributed by atoms with Gasteiger partial charge in [-0.15, -0.1) is 0 Å². The summed E-state index contributed by atoms with van der Waals surface area (Å²) in [4.78, 5) is 18.7. The van der Waals surface area contributed by atoms with Gasteiger partial charge >= 0.3 is 0 Å². The largest absolute Gasteiger partial charge is 0.467 e. The summed E-state index contributed by atoms with van der Waals surface area (Å²) in [5, 5.41) is 6.45. The third kappa shape index (κ3) is 5.65. The van der Waals surface area contributed by atoms with Crippen molar-refractivity contribution >= 4 is 11.9 Å². The monoisotopic (exact) mass is 356 g/mol. The van der Waals surface area contributed by atoms with Crippen LogP contribution in [0.2, 0.25) is 0 Å². The number of furan rings is 1. The molecule has 2 rings (SSSR count). The van der Waals surface area contributed by atoms with E-state index in [0.29, 0.717) is 18.7 Å². The first-order valence-electron chi connectivity index (χ1n) is 9.10. The fourth-order valence-corrected chi connectivity index (χ4v) is 2.54. The Labute approximate surface area is 155 Å². The average Bonchev–Trinajstić information content (AvgIpc) is 3.19. The quantitative estimate of drug-likeness (QED) is 0.563. The zero-order valence-corrected chi connectivity index (χ0v) is 15.8. The Morgan fingerprint density at radius 2 is 1.81 bits per heavy atom. The molecule has 0 unspecified atom stereocenters. The summed E-state index contributed by atoms with van der Waals surface area (Å²) in [5.41, 5.74) is 1.76. The highest BCUT2D eigenvalue weighted by Gasteiger charge is 2.11. The zero-order valence-electron chi connectivity index (χ0n) is 15.8. The van der Waals surface area contributed by atoms with E-state index in [0.717, 1.165) is 36.9 Å². The molecule has 0 aliphatic rings. The van der Waals surface area contributed by atoms with Gasteiger partial charge in [0.1, 0.15) is 5.76 Å². The summed E-state index contributed by atoms with van der Waals surface area (Å²) in [6, 6.07) is 11.4. The summed E-state index contributed by atoms with van der Waals surface area (Å²) in [5.74, 6) is 1.65. The number of carbonyl (C=O) groups is 1. The van der Waals surface area contributed by atoms with Crippen LogP contribution in [0.5, 0.6) is 0 Å². The minimum Gasteiger partial charge on any atom is -0.467 e. The highest BCUT2D eigenvalue weighted by molar-refractivity contribution is 5.94. The van der Waals surface area contributed by atoms with Gasteiger partial charge in [0, 0.05) is 25.2 Å². The Balaban J connectivity index is 1.96. The first kappa shape index (κ1) is 19.6. The van der Waals surface area contributed by atoms with Gasteiger partial charge in [-0.1, -0.05) is 12.1 Å². The number of aliphatic imine (C=N–C) groups is 1. The maximum atomic E-state index is 12.3. The highest BCUT2D eigenvalue weighted by Crippen LogP contribution is 2.09. The topological polar surface area (TPSA) is 69.9 Å². The van der Waals surface area contributed by atoms with E-state index in [1.807, 2.05) is 62.1 Å². The number of hydrogen-bond donors (Lipinski definition) is 2. The van der Waals surface area contributed by atoms with Crippen LogP contribution in [-0.4, -0.2) is 36.4 Å². The number of nitrogens with one attached hydrogen (secondary N) is 2. The van der Waals surface area contributed by atoms with Crippen LogP contribution in [-0.2, 0) is 13.1 Å². The molecule has 2 N–H and O–H groups in total. The van der Waals surface area contributed by atoms with Gasteiger partial charge in [0.2, 0.25) is 0 Å². The number of rotatable bonds is 8. The van der Waals surface area contributed by atoms with Crippen molar-refractivity contribution in [3.63, 3.8) is 0 Å². The minimum atomic E-state index is 0.0681. The lowest BCUT2D eigenvalue weighted by molar-refractivity contribution is 0.0773. The van der Waals surface area contributed by atoms with Crippen molar-refractivity contribution in [2.24, 2.45) is 4.99 Å². The molecule has 0 fully saturated rings. The van der Waals surface area contributed by atoms with Gasteiger partial charge < -0.3 is 20.0 Å². The molecule has 2 aromatic rings. The van der Waals surface area contributed by atoms with E-state index in [1.54, 1.807) is 6.26 Å². The van der Waals surface area contributed by atoms with Crippen LogP contribution in [0.25, 0.3) is 0 Å². The van der Waals surface area contributed by atoms with Crippen molar-refractivity contribution in [1.29, 1.82) is 0 Å². The van der Waals surface area contributed by atoms with E-state index >= 15 is 0 Å². The molecule has 26 heavy (non-hydrogen) atoms. The lowest BCUT2D eigenvalue weighted by atomic mass is 10.1. The van der Waals surface area contributed by atoms with Gasteiger partial charge in [0.25, 0.3) is 5.91 Å². The van der Waals surface area contributed by atoms with Crippen molar-refractivity contribution < 1.29 is 9.21 Å². The maximum absolute atomic E-state index is 12.3. The molecule has 6 nitrogen and oxygen atoms in total. The molecule has 0 radical (unpaired) electrons. The highest BCUT2D eigenvalue weighted by atomic mass is 16.3. The van der Waals surface area contributed by atoms with Crippen molar-refractivity contribution in [1.82, 2.24) is 15.5 Å². The maximum Gasteiger partial charge on any atom is 0.253 e. The Bertz CT molecular complexity index is 689. The molecular formula is C20H28N4O2. The molecule has 1 aromatic carbocycles. The lowest BCUT2D eigenvalue weighted by Gasteiger charge is -2.18. The number of hydrogen-bond acceptors (Lipinski definition) is 3. The van der Waals surface area contributed by atoms with Crippen molar-refractivity contribution in [3.8, 4) is 0 Å². The summed E-state index contributed by atoms with van der Waals surface area (Å²) in [6.07, 6.45) is 1.65. The Morgan fingerprint density at radius 3 is 2.38 bits per heavy atom. The smallest absolute Gasteiger partial charge is 0.253 e. The fourth-order valence-electron chi connectivity index (χ4n) is 2.54. The number of amides is 1. The molecule has 0 aliphatic carbocycles. The van der Waals surface area contributed by atoms with Gasteiger partial charge in [-0.3, -0.25) is 4.79 Å². The average molecular weight is 356 g/mol. The normalized spacial score (nSPS) is 11.3. The lowest BCUT2D eigenvalue weighted by Crippen LogP contribution is -2.36. The Kier molecular flexibility index (Phi) is 7.74. The summed E-state index contributed by atoms with van der Waals surface area (Å²) >= 11 is 0. The van der Waals surface area contributed by atoms with Crippen LogP contribution in [0.4, 0.5) is 0 Å². The van der Waals surface area contributed by atoms with E-state index < -0.39 is 0 Å². The molecule has 0 atom stereocenters. The second kappa shape index (κ2) is 10.3.